The van der Waals surface area contributed by atoms with Crippen LogP contribution < -0.4 is 0 Å². The van der Waals surface area contributed by atoms with Crippen LogP contribution in [-0.2, 0) is 0 Å². The molecular formula is C65H39N5. The minimum Gasteiger partial charge on any atom is -0.309 e. The first kappa shape index (κ1) is 38.6. The quantitative estimate of drug-likeness (QED) is 0.162. The minimum absolute atomic E-state index is 0.626. The Kier molecular flexibility index (Phi) is 8.29. The molecule has 15 rings (SSSR count). The molecule has 15 aromatic rings. The number of rotatable bonds is 5. The number of para-hydroxylation sites is 2. The van der Waals surface area contributed by atoms with Crippen LogP contribution in [0.15, 0.2) is 237 Å². The van der Waals surface area contributed by atoms with Crippen LogP contribution in [0.1, 0.15) is 0 Å². The Bertz CT molecular complexity index is 4660. The average molecular weight is 890 g/mol. The van der Waals surface area contributed by atoms with Gasteiger partial charge in [-0.25, -0.2) is 15.0 Å². The number of fused-ring (bicyclic) bond motifs is 12. The normalized spacial score (nSPS) is 12.0. The predicted octanol–water partition coefficient (Wildman–Crippen LogP) is 16.8. The van der Waals surface area contributed by atoms with E-state index < -0.39 is 0 Å². The molecule has 0 atom stereocenters. The number of aromatic nitrogens is 5. The van der Waals surface area contributed by atoms with E-state index in [1.807, 2.05) is 18.2 Å². The zero-order valence-electron chi connectivity index (χ0n) is 37.8. The summed E-state index contributed by atoms with van der Waals surface area (Å²) in [6, 6.07) is 85.3. The fourth-order valence-corrected chi connectivity index (χ4v) is 11.3. The van der Waals surface area contributed by atoms with Crippen molar-refractivity contribution in [2.24, 2.45) is 0 Å². The molecule has 0 aliphatic carbocycles. The Labute approximate surface area is 401 Å². The van der Waals surface area contributed by atoms with E-state index in [1.54, 1.807) is 0 Å². The van der Waals surface area contributed by atoms with E-state index in [1.165, 1.54) is 64.9 Å². The second-order valence-corrected chi connectivity index (χ2v) is 18.3. The van der Waals surface area contributed by atoms with Gasteiger partial charge < -0.3 is 9.13 Å². The highest BCUT2D eigenvalue weighted by molar-refractivity contribution is 6.18. The van der Waals surface area contributed by atoms with Crippen molar-refractivity contribution in [1.82, 2.24) is 24.1 Å². The van der Waals surface area contributed by atoms with Gasteiger partial charge in [0.15, 0.2) is 17.5 Å². The molecule has 0 bridgehead atoms. The van der Waals surface area contributed by atoms with Crippen LogP contribution in [0.25, 0.3) is 143 Å². The topological polar surface area (TPSA) is 48.5 Å². The van der Waals surface area contributed by atoms with Gasteiger partial charge in [-0.2, -0.15) is 0 Å². The molecule has 3 heterocycles. The van der Waals surface area contributed by atoms with Crippen LogP contribution in [0.4, 0.5) is 0 Å². The van der Waals surface area contributed by atoms with Crippen molar-refractivity contribution < 1.29 is 0 Å². The van der Waals surface area contributed by atoms with Gasteiger partial charge in [-0.3, -0.25) is 0 Å². The van der Waals surface area contributed by atoms with Gasteiger partial charge in [0, 0.05) is 49.0 Å². The predicted molar refractivity (Wildman–Crippen MR) is 292 cm³/mol. The fraction of sp³-hybridized carbons (Fsp3) is 0. The molecule has 0 aliphatic rings. The van der Waals surface area contributed by atoms with Gasteiger partial charge in [-0.05, 0) is 104 Å². The van der Waals surface area contributed by atoms with Crippen LogP contribution >= 0.6 is 0 Å². The molecule has 5 heteroatoms. The summed E-state index contributed by atoms with van der Waals surface area (Å²) in [5, 5.41) is 16.5. The van der Waals surface area contributed by atoms with Crippen molar-refractivity contribution in [2.75, 3.05) is 0 Å². The summed E-state index contributed by atoms with van der Waals surface area (Å²) in [4.78, 5) is 15.9. The van der Waals surface area contributed by atoms with Crippen LogP contribution in [0.2, 0.25) is 0 Å². The fourth-order valence-electron chi connectivity index (χ4n) is 11.3. The van der Waals surface area contributed by atoms with E-state index in [4.69, 9.17) is 15.0 Å². The maximum absolute atomic E-state index is 5.40. The summed E-state index contributed by atoms with van der Waals surface area (Å²) in [6.45, 7) is 0. The van der Waals surface area contributed by atoms with Crippen molar-refractivity contribution in [1.29, 1.82) is 0 Å². The lowest BCUT2D eigenvalue weighted by atomic mass is 9.96. The van der Waals surface area contributed by atoms with E-state index in [0.29, 0.717) is 17.5 Å². The summed E-state index contributed by atoms with van der Waals surface area (Å²) >= 11 is 0. The van der Waals surface area contributed by atoms with E-state index in [0.717, 1.165) is 60.6 Å². The minimum atomic E-state index is 0.626. The van der Waals surface area contributed by atoms with Crippen LogP contribution in [-0.4, -0.2) is 24.1 Å². The third-order valence-corrected chi connectivity index (χ3v) is 14.5. The monoisotopic (exact) mass is 889 g/mol. The summed E-state index contributed by atoms with van der Waals surface area (Å²) in [5.41, 5.74) is 9.76. The lowest BCUT2D eigenvalue weighted by Crippen LogP contribution is -2.02. The largest absolute Gasteiger partial charge is 0.309 e. The van der Waals surface area contributed by atoms with Crippen molar-refractivity contribution in [3.8, 4) is 45.5 Å². The molecule has 0 fully saturated rings. The lowest BCUT2D eigenvalue weighted by Gasteiger charge is -2.16. The molecule has 0 unspecified atom stereocenters. The first-order chi connectivity index (χ1) is 34.7. The molecule has 0 amide bonds. The number of hydrogen-bond acceptors (Lipinski definition) is 3. The molecule has 0 saturated heterocycles. The highest BCUT2D eigenvalue weighted by Gasteiger charge is 2.22. The van der Waals surface area contributed by atoms with Crippen molar-refractivity contribution in [3.05, 3.63) is 237 Å². The molecule has 0 radical (unpaired) electrons. The second-order valence-electron chi connectivity index (χ2n) is 18.3. The molecule has 324 valence electrons. The van der Waals surface area contributed by atoms with Gasteiger partial charge in [0.2, 0.25) is 0 Å². The Hall–Kier alpha value is -9.45. The van der Waals surface area contributed by atoms with Crippen LogP contribution in [0.5, 0.6) is 0 Å². The van der Waals surface area contributed by atoms with E-state index in [9.17, 15) is 0 Å². The van der Waals surface area contributed by atoms with Gasteiger partial charge in [0.05, 0.1) is 33.4 Å². The Morgan fingerprint density at radius 1 is 0.229 bits per heavy atom. The molecule has 3 aromatic heterocycles. The van der Waals surface area contributed by atoms with Crippen molar-refractivity contribution in [2.45, 2.75) is 0 Å². The molecule has 5 nitrogen and oxygen atoms in total. The van der Waals surface area contributed by atoms with E-state index in [2.05, 4.69) is 228 Å². The Balaban J connectivity index is 0.972. The maximum atomic E-state index is 5.40. The second kappa shape index (κ2) is 15.0. The highest BCUT2D eigenvalue weighted by atomic mass is 15.0. The van der Waals surface area contributed by atoms with Crippen LogP contribution in [0.3, 0.4) is 0 Å². The maximum Gasteiger partial charge on any atom is 0.164 e. The zero-order chi connectivity index (χ0) is 45.9. The molecule has 70 heavy (non-hydrogen) atoms. The number of nitrogens with zero attached hydrogens (tertiary/aromatic N) is 5. The molecule has 0 spiro atoms. The lowest BCUT2D eigenvalue weighted by molar-refractivity contribution is 1.08. The summed E-state index contributed by atoms with van der Waals surface area (Å²) < 4.78 is 4.93. The van der Waals surface area contributed by atoms with E-state index in [-0.39, 0.29) is 0 Å². The molecule has 0 aliphatic heterocycles. The van der Waals surface area contributed by atoms with Gasteiger partial charge in [-0.15, -0.1) is 0 Å². The summed E-state index contributed by atoms with van der Waals surface area (Å²) in [6.07, 6.45) is 0. The zero-order valence-corrected chi connectivity index (χ0v) is 37.8. The smallest absolute Gasteiger partial charge is 0.164 e. The first-order valence-corrected chi connectivity index (χ1v) is 23.8. The standard InChI is InChI=1S/C65H39N5/c1-2-17-40(18-3-1)63-66-64(68-65(67-63)56-37-43-21-6-7-23-45(43)46-24-8-9-25-47(46)56)52-33-34-60(49-27-11-10-26-48(49)52)70-58-31-15-13-29-51(58)55-36-44-22-16-32-59(53(44)39-62(55)70)69-57-30-14-12-28-50(57)54-35-41-19-4-5-20-42(41)38-61(54)69/h1-39H. The van der Waals surface area contributed by atoms with Gasteiger partial charge >= 0.3 is 0 Å². The van der Waals surface area contributed by atoms with Crippen molar-refractivity contribution in [3.63, 3.8) is 0 Å². The SMILES string of the molecule is c1ccc(-c2nc(-c3ccc(-n4c5ccccc5c5cc6cccc(-n7c8ccccc8c8cc9ccccc9cc87)c6cc54)c4ccccc34)nc(-c3cc4ccccc4c4ccccc34)n2)cc1. The van der Waals surface area contributed by atoms with Gasteiger partial charge in [0.1, 0.15) is 0 Å². The van der Waals surface area contributed by atoms with Gasteiger partial charge in [-0.1, -0.05) is 176 Å². The molecule has 0 N–H and O–H groups in total. The number of benzene rings is 12. The third-order valence-electron chi connectivity index (χ3n) is 14.5. The number of hydrogen-bond donors (Lipinski definition) is 0. The Morgan fingerprint density at radius 2 is 0.700 bits per heavy atom. The highest BCUT2D eigenvalue weighted by Crippen LogP contribution is 2.43. The Morgan fingerprint density at radius 3 is 1.41 bits per heavy atom. The summed E-state index contributed by atoms with van der Waals surface area (Å²) in [5.74, 6) is 1.90. The first-order valence-electron chi connectivity index (χ1n) is 23.8. The average Bonchev–Trinajstić information content (AvgIpc) is 3.92. The van der Waals surface area contributed by atoms with Crippen molar-refractivity contribution >= 4 is 97.5 Å². The molecule has 12 aromatic carbocycles. The van der Waals surface area contributed by atoms with Gasteiger partial charge in [0.25, 0.3) is 0 Å². The summed E-state index contributed by atoms with van der Waals surface area (Å²) in [7, 11) is 0. The van der Waals surface area contributed by atoms with E-state index >= 15 is 0 Å². The molecular weight excluding hydrogens is 851 g/mol. The molecule has 0 saturated carbocycles. The third kappa shape index (κ3) is 5.76. The van der Waals surface area contributed by atoms with Crippen LogP contribution in [0, 0.1) is 0 Å².